The van der Waals surface area contributed by atoms with E-state index < -0.39 is 34.2 Å². The number of rotatable bonds is 5. The molecule has 1 aromatic carbocycles. The molecule has 140 valence electrons. The Morgan fingerprint density at radius 3 is 2.52 bits per heavy atom. The van der Waals surface area contributed by atoms with Crippen LogP contribution in [0.2, 0.25) is 0 Å². The molecule has 2 fully saturated rings. The van der Waals surface area contributed by atoms with Gasteiger partial charge >= 0.3 is 0 Å². The molecule has 25 heavy (non-hydrogen) atoms. The van der Waals surface area contributed by atoms with Crippen molar-refractivity contribution in [2.24, 2.45) is 0 Å². The quantitative estimate of drug-likeness (QED) is 0.796. The van der Waals surface area contributed by atoms with E-state index in [1.54, 1.807) is 18.2 Å². The third kappa shape index (κ3) is 4.53. The molecule has 0 spiro atoms. The van der Waals surface area contributed by atoms with E-state index in [4.69, 9.17) is 4.74 Å². The summed E-state index contributed by atoms with van der Waals surface area (Å²) in [6.45, 7) is 0.822. The predicted molar refractivity (Wildman–Crippen MR) is 86.9 cm³/mol. The van der Waals surface area contributed by atoms with Gasteiger partial charge in [-0.05, 0) is 12.1 Å². The molecular formula is C16H22F2N2O4S. The fourth-order valence-corrected chi connectivity index (χ4v) is 4.39. The van der Waals surface area contributed by atoms with Gasteiger partial charge in [-0.25, -0.2) is 21.9 Å². The zero-order valence-corrected chi connectivity index (χ0v) is 14.5. The van der Waals surface area contributed by atoms with Crippen LogP contribution in [0.15, 0.2) is 35.2 Å². The van der Waals surface area contributed by atoms with Crippen LogP contribution in [0.1, 0.15) is 12.8 Å². The van der Waals surface area contributed by atoms with Crippen LogP contribution >= 0.6 is 0 Å². The number of aliphatic hydroxyl groups excluding tert-OH is 1. The van der Waals surface area contributed by atoms with E-state index in [0.29, 0.717) is 6.54 Å². The number of hydrogen-bond donors (Lipinski definition) is 2. The zero-order valence-electron chi connectivity index (χ0n) is 13.6. The lowest BCUT2D eigenvalue weighted by Gasteiger charge is -2.33. The van der Waals surface area contributed by atoms with E-state index in [0.717, 1.165) is 0 Å². The maximum absolute atomic E-state index is 13.2. The number of benzene rings is 1. The first-order chi connectivity index (χ1) is 11.8. The molecule has 2 heterocycles. The molecule has 3 atom stereocenters. The molecule has 3 rings (SSSR count). The second-order valence-electron chi connectivity index (χ2n) is 6.56. The van der Waals surface area contributed by atoms with Gasteiger partial charge in [-0.1, -0.05) is 18.2 Å². The van der Waals surface area contributed by atoms with Crippen molar-refractivity contribution in [2.45, 2.75) is 41.9 Å². The first-order valence-corrected chi connectivity index (χ1v) is 9.72. The number of nitrogens with one attached hydrogen (secondary N) is 1. The Labute approximate surface area is 145 Å². The molecule has 0 amide bonds. The average molecular weight is 376 g/mol. The summed E-state index contributed by atoms with van der Waals surface area (Å²) in [5.74, 6) is -2.63. The van der Waals surface area contributed by atoms with Gasteiger partial charge in [-0.15, -0.1) is 0 Å². The number of aliphatic hydroxyl groups is 1. The summed E-state index contributed by atoms with van der Waals surface area (Å²) in [7, 11) is -3.75. The molecule has 2 saturated heterocycles. The molecule has 2 aliphatic heterocycles. The van der Waals surface area contributed by atoms with Crippen molar-refractivity contribution in [3.63, 3.8) is 0 Å². The van der Waals surface area contributed by atoms with E-state index in [1.165, 1.54) is 12.1 Å². The minimum Gasteiger partial charge on any atom is -0.389 e. The van der Waals surface area contributed by atoms with Crippen molar-refractivity contribution < 1.29 is 27.0 Å². The number of nitrogens with zero attached hydrogens (tertiary/aromatic N) is 1. The monoisotopic (exact) mass is 376 g/mol. The minimum atomic E-state index is -3.75. The van der Waals surface area contributed by atoms with Gasteiger partial charge in [0.2, 0.25) is 10.0 Å². The largest absolute Gasteiger partial charge is 0.389 e. The van der Waals surface area contributed by atoms with Crippen LogP contribution in [0.5, 0.6) is 0 Å². The fourth-order valence-electron chi connectivity index (χ4n) is 3.13. The molecule has 1 aromatic rings. The molecule has 0 unspecified atom stereocenters. The maximum atomic E-state index is 13.2. The Morgan fingerprint density at radius 2 is 1.88 bits per heavy atom. The first-order valence-electron chi connectivity index (χ1n) is 8.24. The summed E-state index contributed by atoms with van der Waals surface area (Å²) in [5.41, 5.74) is 0. The van der Waals surface area contributed by atoms with Gasteiger partial charge in [0.25, 0.3) is 5.92 Å². The number of alkyl halides is 2. The minimum absolute atomic E-state index is 0.0435. The first kappa shape index (κ1) is 18.7. The summed E-state index contributed by atoms with van der Waals surface area (Å²) in [4.78, 5) is 1.93. The Hall–Kier alpha value is -1.13. The Morgan fingerprint density at radius 1 is 1.24 bits per heavy atom. The molecule has 0 aromatic heterocycles. The van der Waals surface area contributed by atoms with Gasteiger partial charge in [0.15, 0.2) is 0 Å². The Balaban J connectivity index is 1.56. The van der Waals surface area contributed by atoms with E-state index in [2.05, 4.69) is 4.72 Å². The maximum Gasteiger partial charge on any atom is 0.250 e. The number of halogens is 2. The van der Waals surface area contributed by atoms with Crippen molar-refractivity contribution in [3.05, 3.63) is 30.3 Å². The molecule has 0 bridgehead atoms. The van der Waals surface area contributed by atoms with Gasteiger partial charge < -0.3 is 14.7 Å². The van der Waals surface area contributed by atoms with Gasteiger partial charge in [0.1, 0.15) is 0 Å². The second-order valence-corrected chi connectivity index (χ2v) is 8.27. The highest BCUT2D eigenvalue weighted by Crippen LogP contribution is 2.28. The summed E-state index contributed by atoms with van der Waals surface area (Å²) in [6, 6.07) is 7.12. The lowest BCUT2D eigenvalue weighted by Crippen LogP contribution is -2.48. The third-order valence-corrected chi connectivity index (χ3v) is 6.17. The van der Waals surface area contributed by atoms with E-state index >= 15 is 0 Å². The number of ether oxygens (including phenoxy) is 1. The van der Waals surface area contributed by atoms with Gasteiger partial charge in [0, 0.05) is 32.5 Å². The van der Waals surface area contributed by atoms with Crippen LogP contribution < -0.4 is 4.72 Å². The highest BCUT2D eigenvalue weighted by Gasteiger charge is 2.41. The molecular weight excluding hydrogens is 354 g/mol. The van der Waals surface area contributed by atoms with Gasteiger partial charge in [0.05, 0.1) is 29.8 Å². The molecule has 0 radical (unpaired) electrons. The second kappa shape index (κ2) is 7.24. The standard InChI is InChI=1S/C16H22F2N2O4S/c17-16(18)6-8-20(9-7-16)10-14-15(21)13(11-24-14)19-25(22,23)12-4-2-1-3-5-12/h1-5,13-15,19,21H,6-11H2/t13-,14-,15+/m0/s1. The highest BCUT2D eigenvalue weighted by atomic mass is 32.2. The predicted octanol–water partition coefficient (Wildman–Crippen LogP) is 0.824. The Kier molecular flexibility index (Phi) is 5.40. The molecule has 9 heteroatoms. The summed E-state index contributed by atoms with van der Waals surface area (Å²) < 4.78 is 59.0. The summed E-state index contributed by atoms with van der Waals surface area (Å²) >= 11 is 0. The van der Waals surface area contributed by atoms with E-state index in [-0.39, 0.29) is 37.4 Å². The lowest BCUT2D eigenvalue weighted by atomic mass is 10.0. The normalized spacial score (nSPS) is 30.4. The van der Waals surface area contributed by atoms with Crippen LogP contribution in [-0.4, -0.2) is 68.8 Å². The highest BCUT2D eigenvalue weighted by molar-refractivity contribution is 7.89. The van der Waals surface area contributed by atoms with E-state index in [9.17, 15) is 22.3 Å². The SMILES string of the molecule is O=S(=O)(N[C@H]1CO[C@@H](CN2CCC(F)(F)CC2)[C@@H]1O)c1ccccc1. The van der Waals surface area contributed by atoms with Crippen LogP contribution in [0.4, 0.5) is 8.78 Å². The number of hydrogen-bond acceptors (Lipinski definition) is 5. The van der Waals surface area contributed by atoms with E-state index in [1.807, 2.05) is 4.90 Å². The van der Waals surface area contributed by atoms with Crippen LogP contribution in [0, 0.1) is 0 Å². The van der Waals surface area contributed by atoms with Crippen LogP contribution in [0.3, 0.4) is 0 Å². The smallest absolute Gasteiger partial charge is 0.250 e. The fraction of sp³-hybridized carbons (Fsp3) is 0.625. The lowest BCUT2D eigenvalue weighted by molar-refractivity contribution is -0.0674. The van der Waals surface area contributed by atoms with Crippen molar-refractivity contribution in [2.75, 3.05) is 26.2 Å². The average Bonchev–Trinajstić information content (AvgIpc) is 2.90. The van der Waals surface area contributed by atoms with Gasteiger partial charge in [-0.3, -0.25) is 0 Å². The van der Waals surface area contributed by atoms with Crippen molar-refractivity contribution in [3.8, 4) is 0 Å². The molecule has 2 N–H and O–H groups in total. The topological polar surface area (TPSA) is 78.9 Å². The van der Waals surface area contributed by atoms with Gasteiger partial charge in [-0.2, -0.15) is 0 Å². The van der Waals surface area contributed by atoms with Crippen molar-refractivity contribution >= 4 is 10.0 Å². The number of likely N-dealkylation sites (tertiary alicyclic amines) is 1. The Bertz CT molecular complexity index is 677. The summed E-state index contributed by atoms with van der Waals surface area (Å²) in [6.07, 6.45) is -2.05. The molecule has 2 aliphatic rings. The molecule has 0 aliphatic carbocycles. The third-order valence-electron chi connectivity index (χ3n) is 4.67. The number of sulfonamides is 1. The number of piperidine rings is 1. The van der Waals surface area contributed by atoms with Crippen LogP contribution in [0.25, 0.3) is 0 Å². The summed E-state index contributed by atoms with van der Waals surface area (Å²) in [5, 5.41) is 10.4. The van der Waals surface area contributed by atoms with Crippen LogP contribution in [-0.2, 0) is 14.8 Å². The zero-order chi connectivity index (χ0) is 18.1. The van der Waals surface area contributed by atoms with Crippen molar-refractivity contribution in [1.29, 1.82) is 0 Å². The van der Waals surface area contributed by atoms with Crippen molar-refractivity contribution in [1.82, 2.24) is 9.62 Å². The molecule has 0 saturated carbocycles. The molecule has 6 nitrogen and oxygen atoms in total.